The predicted molar refractivity (Wildman–Crippen MR) is 141 cm³/mol. The Kier molecular flexibility index (Phi) is 8.15. The molecular weight excluding hydrogens is 498 g/mol. The quantitative estimate of drug-likeness (QED) is 0.502. The van der Waals surface area contributed by atoms with Crippen molar-refractivity contribution in [2.24, 2.45) is 5.92 Å². The van der Waals surface area contributed by atoms with Crippen molar-refractivity contribution in [3.05, 3.63) is 29.3 Å². The molecule has 2 aliphatic heterocycles. The number of carbonyl (C=O) groups is 1. The molecule has 4 fully saturated rings. The van der Waals surface area contributed by atoms with Gasteiger partial charge in [-0.15, -0.1) is 0 Å². The van der Waals surface area contributed by atoms with Gasteiger partial charge in [-0.2, -0.15) is 4.31 Å². The first-order valence-corrected chi connectivity index (χ1v) is 15.6. The number of amides is 1. The number of sulfonamides is 1. The normalized spacial score (nSPS) is 29.3. The minimum atomic E-state index is -3.72. The summed E-state index contributed by atoms with van der Waals surface area (Å²) >= 11 is 6.01. The molecule has 0 spiro atoms. The highest BCUT2D eigenvalue weighted by Gasteiger charge is 2.46. The van der Waals surface area contributed by atoms with Crippen LogP contribution in [-0.4, -0.2) is 79.0 Å². The fourth-order valence-corrected chi connectivity index (χ4v) is 8.60. The minimum absolute atomic E-state index is 0.0268. The summed E-state index contributed by atoms with van der Waals surface area (Å²) in [4.78, 5) is 17.8. The first kappa shape index (κ1) is 26.3. The molecule has 4 aliphatic rings. The zero-order valence-corrected chi connectivity index (χ0v) is 22.9. The SMILES string of the molecule is C[C@H]1CN(C2CCCCC2)CCN1C(=O)OC[C@@H]1CCC[C@H](C2CC2)N1S(=O)(=O)c1ccc(Cl)cc1. The molecule has 1 amide bonds. The van der Waals surface area contributed by atoms with Crippen LogP contribution in [-0.2, 0) is 14.8 Å². The lowest BCUT2D eigenvalue weighted by Crippen LogP contribution is -2.57. The number of benzene rings is 1. The molecule has 36 heavy (non-hydrogen) atoms. The summed E-state index contributed by atoms with van der Waals surface area (Å²) in [6.07, 6.45) is 10.8. The number of piperidine rings is 1. The molecule has 1 aromatic rings. The fraction of sp³-hybridized carbons (Fsp3) is 0.741. The molecule has 2 aliphatic carbocycles. The van der Waals surface area contributed by atoms with Gasteiger partial charge in [-0.1, -0.05) is 37.3 Å². The van der Waals surface area contributed by atoms with E-state index in [4.69, 9.17) is 16.3 Å². The van der Waals surface area contributed by atoms with Gasteiger partial charge >= 0.3 is 6.09 Å². The monoisotopic (exact) mass is 537 g/mol. The van der Waals surface area contributed by atoms with E-state index in [-0.39, 0.29) is 35.7 Å². The van der Waals surface area contributed by atoms with Crippen molar-refractivity contribution in [3.63, 3.8) is 0 Å². The Morgan fingerprint density at radius 2 is 1.69 bits per heavy atom. The maximum atomic E-state index is 13.8. The Bertz CT molecular complexity index is 1010. The van der Waals surface area contributed by atoms with Crippen LogP contribution in [0.5, 0.6) is 0 Å². The van der Waals surface area contributed by atoms with Crippen molar-refractivity contribution >= 4 is 27.7 Å². The second-order valence-electron chi connectivity index (χ2n) is 11.2. The number of ether oxygens (including phenoxy) is 1. The van der Waals surface area contributed by atoms with E-state index in [2.05, 4.69) is 11.8 Å². The van der Waals surface area contributed by atoms with Crippen LogP contribution >= 0.6 is 11.6 Å². The number of halogens is 1. The zero-order chi connectivity index (χ0) is 25.3. The smallest absolute Gasteiger partial charge is 0.410 e. The van der Waals surface area contributed by atoms with Crippen molar-refractivity contribution in [2.45, 2.75) is 100 Å². The van der Waals surface area contributed by atoms with Crippen LogP contribution in [0.1, 0.15) is 71.1 Å². The van der Waals surface area contributed by atoms with Crippen LogP contribution in [0, 0.1) is 5.92 Å². The van der Waals surface area contributed by atoms with Crippen LogP contribution < -0.4 is 0 Å². The van der Waals surface area contributed by atoms with Gasteiger partial charge in [-0.05, 0) is 75.6 Å². The van der Waals surface area contributed by atoms with E-state index < -0.39 is 10.0 Å². The number of carbonyl (C=O) groups excluding carboxylic acids is 1. The Balaban J connectivity index is 1.24. The van der Waals surface area contributed by atoms with Gasteiger partial charge in [0.2, 0.25) is 10.0 Å². The van der Waals surface area contributed by atoms with Crippen LogP contribution in [0.4, 0.5) is 4.79 Å². The molecule has 0 unspecified atom stereocenters. The van der Waals surface area contributed by atoms with Crippen molar-refractivity contribution < 1.29 is 17.9 Å². The minimum Gasteiger partial charge on any atom is -0.448 e. The molecule has 2 saturated heterocycles. The van der Waals surface area contributed by atoms with Gasteiger partial charge in [0.1, 0.15) is 6.61 Å². The molecule has 3 atom stereocenters. The zero-order valence-electron chi connectivity index (χ0n) is 21.4. The number of rotatable bonds is 6. The lowest BCUT2D eigenvalue weighted by atomic mass is 9.93. The molecule has 2 heterocycles. The van der Waals surface area contributed by atoms with E-state index >= 15 is 0 Å². The number of hydrogen-bond donors (Lipinski definition) is 0. The summed E-state index contributed by atoms with van der Waals surface area (Å²) in [6.45, 7) is 4.62. The first-order valence-electron chi connectivity index (χ1n) is 13.8. The van der Waals surface area contributed by atoms with E-state index in [1.165, 1.54) is 32.1 Å². The summed E-state index contributed by atoms with van der Waals surface area (Å²) in [5.41, 5.74) is 0. The fourth-order valence-electron chi connectivity index (χ4n) is 6.56. The molecule has 0 radical (unpaired) electrons. The summed E-state index contributed by atoms with van der Waals surface area (Å²) in [5.74, 6) is 0.401. The van der Waals surface area contributed by atoms with Gasteiger partial charge in [0.15, 0.2) is 0 Å². The summed E-state index contributed by atoms with van der Waals surface area (Å²) in [7, 11) is -3.72. The van der Waals surface area contributed by atoms with Gasteiger partial charge in [-0.3, -0.25) is 4.90 Å². The van der Waals surface area contributed by atoms with Crippen LogP contribution in [0.2, 0.25) is 5.02 Å². The molecular formula is C27H40ClN3O4S. The molecule has 1 aromatic carbocycles. The lowest BCUT2D eigenvalue weighted by molar-refractivity contribution is 0.0176. The largest absolute Gasteiger partial charge is 0.448 e. The Hall–Kier alpha value is -1.35. The maximum absolute atomic E-state index is 13.8. The average molecular weight is 538 g/mol. The van der Waals surface area contributed by atoms with E-state index in [9.17, 15) is 13.2 Å². The maximum Gasteiger partial charge on any atom is 0.410 e. The highest BCUT2D eigenvalue weighted by atomic mass is 35.5. The van der Waals surface area contributed by atoms with E-state index in [1.807, 2.05) is 4.90 Å². The van der Waals surface area contributed by atoms with Crippen LogP contribution in [0.15, 0.2) is 29.2 Å². The van der Waals surface area contributed by atoms with Gasteiger partial charge in [0.05, 0.1) is 10.9 Å². The van der Waals surface area contributed by atoms with Gasteiger partial charge in [0.25, 0.3) is 0 Å². The van der Waals surface area contributed by atoms with E-state index in [0.717, 1.165) is 38.8 Å². The second-order valence-corrected chi connectivity index (χ2v) is 13.5. The van der Waals surface area contributed by atoms with Gasteiger partial charge in [-0.25, -0.2) is 13.2 Å². The second kappa shape index (κ2) is 11.2. The van der Waals surface area contributed by atoms with Crippen LogP contribution in [0.3, 0.4) is 0 Å². The molecule has 0 bridgehead atoms. The molecule has 200 valence electrons. The van der Waals surface area contributed by atoms with Crippen molar-refractivity contribution in [3.8, 4) is 0 Å². The Labute approximate surface area is 221 Å². The summed E-state index contributed by atoms with van der Waals surface area (Å²) in [5, 5.41) is 0.509. The molecule has 9 heteroatoms. The predicted octanol–water partition coefficient (Wildman–Crippen LogP) is 5.14. The summed E-state index contributed by atoms with van der Waals surface area (Å²) < 4.78 is 35.0. The van der Waals surface area contributed by atoms with E-state index in [0.29, 0.717) is 29.9 Å². The lowest BCUT2D eigenvalue weighted by Gasteiger charge is -2.44. The standard InChI is InChI=1S/C27H40ClN3O4S/c1-20-18-29(23-6-3-2-4-7-23)16-17-30(20)27(32)35-19-24-8-5-9-26(21-10-11-21)31(24)36(33,34)25-14-12-22(28)13-15-25/h12-15,20-21,23-24,26H,2-11,16-19H2,1H3/t20-,24-,26+/m0/s1. The Morgan fingerprint density at radius 3 is 2.36 bits per heavy atom. The Morgan fingerprint density at radius 1 is 0.972 bits per heavy atom. The third-order valence-corrected chi connectivity index (χ3v) is 10.9. The molecule has 2 saturated carbocycles. The highest BCUT2D eigenvalue weighted by Crippen LogP contribution is 2.43. The molecule has 0 N–H and O–H groups in total. The van der Waals surface area contributed by atoms with Crippen molar-refractivity contribution in [2.75, 3.05) is 26.2 Å². The topological polar surface area (TPSA) is 70.2 Å². The molecule has 0 aromatic heterocycles. The third-order valence-electron chi connectivity index (χ3n) is 8.66. The van der Waals surface area contributed by atoms with Gasteiger partial charge < -0.3 is 9.64 Å². The number of nitrogens with zero attached hydrogens (tertiary/aromatic N) is 3. The average Bonchev–Trinajstić information content (AvgIpc) is 3.73. The number of piperazine rings is 1. The molecule has 7 nitrogen and oxygen atoms in total. The van der Waals surface area contributed by atoms with Crippen molar-refractivity contribution in [1.29, 1.82) is 0 Å². The van der Waals surface area contributed by atoms with Crippen LogP contribution in [0.25, 0.3) is 0 Å². The van der Waals surface area contributed by atoms with Gasteiger partial charge in [0, 0.05) is 42.8 Å². The highest BCUT2D eigenvalue weighted by molar-refractivity contribution is 7.89. The number of hydrogen-bond acceptors (Lipinski definition) is 5. The first-order chi connectivity index (χ1) is 17.3. The third kappa shape index (κ3) is 5.71. The van der Waals surface area contributed by atoms with Crippen molar-refractivity contribution in [1.82, 2.24) is 14.1 Å². The summed E-state index contributed by atoms with van der Waals surface area (Å²) in [6, 6.07) is 6.76. The van der Waals surface area contributed by atoms with E-state index in [1.54, 1.807) is 28.6 Å². The molecule has 5 rings (SSSR count).